The Balaban J connectivity index is 2.49. The topological polar surface area (TPSA) is 125 Å². The Hall–Kier alpha value is -1.48. The zero-order chi connectivity index (χ0) is 13.5. The quantitative estimate of drug-likeness (QED) is 0.458. The van der Waals surface area contributed by atoms with Crippen molar-refractivity contribution in [3.05, 3.63) is 33.1 Å². The minimum atomic E-state index is -1.55. The van der Waals surface area contributed by atoms with E-state index in [9.17, 15) is 19.8 Å². The SMILES string of the molecule is C[C@@]1(n2ccc(=O)[nH]c2=O)O[C@H](CO)[C@@H](O)[C@H]1O. The fourth-order valence-corrected chi connectivity index (χ4v) is 2.08. The van der Waals surface area contributed by atoms with Gasteiger partial charge in [0.2, 0.25) is 0 Å². The lowest BCUT2D eigenvalue weighted by Crippen LogP contribution is -2.49. The van der Waals surface area contributed by atoms with Crippen LogP contribution < -0.4 is 11.2 Å². The summed E-state index contributed by atoms with van der Waals surface area (Å²) in [6, 6.07) is 1.10. The highest BCUT2D eigenvalue weighted by molar-refractivity contribution is 4.99. The van der Waals surface area contributed by atoms with Crippen molar-refractivity contribution in [2.75, 3.05) is 6.61 Å². The molecule has 1 aliphatic rings. The van der Waals surface area contributed by atoms with E-state index in [-0.39, 0.29) is 0 Å². The number of aliphatic hydroxyl groups excluding tert-OH is 3. The molecule has 18 heavy (non-hydrogen) atoms. The van der Waals surface area contributed by atoms with Gasteiger partial charge in [-0.2, -0.15) is 0 Å². The minimum absolute atomic E-state index is 0.494. The van der Waals surface area contributed by atoms with Crippen LogP contribution in [-0.4, -0.2) is 49.8 Å². The largest absolute Gasteiger partial charge is 0.394 e. The van der Waals surface area contributed by atoms with Gasteiger partial charge in [-0.3, -0.25) is 14.3 Å². The molecule has 0 bridgehead atoms. The van der Waals surface area contributed by atoms with Gasteiger partial charge in [-0.25, -0.2) is 4.79 Å². The molecule has 2 heterocycles. The van der Waals surface area contributed by atoms with E-state index in [0.29, 0.717) is 0 Å². The van der Waals surface area contributed by atoms with Gasteiger partial charge in [0.25, 0.3) is 5.56 Å². The molecule has 8 heteroatoms. The summed E-state index contributed by atoms with van der Waals surface area (Å²) >= 11 is 0. The number of hydrogen-bond donors (Lipinski definition) is 4. The van der Waals surface area contributed by atoms with Gasteiger partial charge in [-0.15, -0.1) is 0 Å². The molecule has 1 saturated heterocycles. The molecule has 0 saturated carbocycles. The predicted molar refractivity (Wildman–Crippen MR) is 58.9 cm³/mol. The third-order valence-corrected chi connectivity index (χ3v) is 3.13. The summed E-state index contributed by atoms with van der Waals surface area (Å²) in [6.07, 6.45) is -2.56. The van der Waals surface area contributed by atoms with Crippen LogP contribution in [0.1, 0.15) is 6.92 Å². The average Bonchev–Trinajstić information content (AvgIpc) is 2.54. The van der Waals surface area contributed by atoms with E-state index in [0.717, 1.165) is 16.8 Å². The first kappa shape index (κ1) is 13.0. The number of aromatic amines is 1. The molecule has 1 aromatic heterocycles. The lowest BCUT2D eigenvalue weighted by molar-refractivity contribution is -0.137. The van der Waals surface area contributed by atoms with E-state index >= 15 is 0 Å². The van der Waals surface area contributed by atoms with Crippen LogP contribution in [-0.2, 0) is 10.5 Å². The van der Waals surface area contributed by atoms with Gasteiger partial charge in [0.15, 0.2) is 5.72 Å². The number of hydrogen-bond acceptors (Lipinski definition) is 6. The second-order valence-corrected chi connectivity index (χ2v) is 4.31. The monoisotopic (exact) mass is 258 g/mol. The molecular weight excluding hydrogens is 244 g/mol. The molecule has 100 valence electrons. The maximum absolute atomic E-state index is 11.7. The summed E-state index contributed by atoms with van der Waals surface area (Å²) in [5.41, 5.74) is -2.89. The molecule has 0 radical (unpaired) electrons. The molecule has 0 unspecified atom stereocenters. The fourth-order valence-electron chi connectivity index (χ4n) is 2.08. The van der Waals surface area contributed by atoms with E-state index in [1.807, 2.05) is 4.98 Å². The van der Waals surface area contributed by atoms with Gasteiger partial charge >= 0.3 is 5.69 Å². The second-order valence-electron chi connectivity index (χ2n) is 4.31. The Morgan fingerprint density at radius 2 is 2.17 bits per heavy atom. The van der Waals surface area contributed by atoms with Crippen molar-refractivity contribution < 1.29 is 20.1 Å². The zero-order valence-electron chi connectivity index (χ0n) is 9.61. The lowest BCUT2D eigenvalue weighted by atomic mass is 10.0. The van der Waals surface area contributed by atoms with Crippen molar-refractivity contribution in [1.82, 2.24) is 9.55 Å². The molecule has 1 aromatic rings. The van der Waals surface area contributed by atoms with Crippen LogP contribution >= 0.6 is 0 Å². The van der Waals surface area contributed by atoms with Gasteiger partial charge < -0.3 is 20.1 Å². The van der Waals surface area contributed by atoms with Crippen LogP contribution in [0, 0.1) is 0 Å². The second kappa shape index (κ2) is 4.32. The predicted octanol–water partition coefficient (Wildman–Crippen LogP) is -2.68. The van der Waals surface area contributed by atoms with E-state index in [2.05, 4.69) is 0 Å². The smallest absolute Gasteiger partial charge is 0.330 e. The van der Waals surface area contributed by atoms with Crippen LogP contribution in [0.25, 0.3) is 0 Å². The minimum Gasteiger partial charge on any atom is -0.394 e. The third kappa shape index (κ3) is 1.79. The summed E-state index contributed by atoms with van der Waals surface area (Å²) in [6.45, 7) is 0.891. The summed E-state index contributed by atoms with van der Waals surface area (Å²) < 4.78 is 6.29. The standard InChI is InChI=1S/C10H14N2O6/c1-10(8(16)7(15)5(4-13)18-10)12-3-2-6(14)11-9(12)17/h2-3,5,7-8,13,15-16H,4H2,1H3,(H,11,14,17)/t5-,7-,8-,10-/m1/s1. The highest BCUT2D eigenvalue weighted by Gasteiger charge is 2.52. The zero-order valence-corrected chi connectivity index (χ0v) is 9.61. The van der Waals surface area contributed by atoms with Crippen molar-refractivity contribution in [2.24, 2.45) is 0 Å². The first-order valence-corrected chi connectivity index (χ1v) is 5.37. The molecule has 0 aromatic carbocycles. The highest BCUT2D eigenvalue weighted by atomic mass is 16.6. The Bertz CT molecular complexity index is 552. The van der Waals surface area contributed by atoms with Crippen molar-refractivity contribution in [3.63, 3.8) is 0 Å². The van der Waals surface area contributed by atoms with Gasteiger partial charge in [0.05, 0.1) is 6.61 Å². The molecule has 4 atom stereocenters. The Morgan fingerprint density at radius 1 is 1.50 bits per heavy atom. The number of nitrogens with one attached hydrogen (secondary N) is 1. The molecule has 2 rings (SSSR count). The fraction of sp³-hybridized carbons (Fsp3) is 0.600. The first-order chi connectivity index (χ1) is 8.40. The van der Waals surface area contributed by atoms with Crippen molar-refractivity contribution in [1.29, 1.82) is 0 Å². The Kier molecular flexibility index (Phi) is 3.11. The van der Waals surface area contributed by atoms with Crippen LogP contribution in [0.5, 0.6) is 0 Å². The summed E-state index contributed by atoms with van der Waals surface area (Å²) in [5.74, 6) is 0. The normalized spacial score (nSPS) is 35.9. The molecule has 0 aliphatic carbocycles. The number of aromatic nitrogens is 2. The number of rotatable bonds is 2. The van der Waals surface area contributed by atoms with E-state index in [1.54, 1.807) is 0 Å². The number of H-pyrrole nitrogens is 1. The molecule has 8 nitrogen and oxygen atoms in total. The van der Waals surface area contributed by atoms with E-state index in [4.69, 9.17) is 9.84 Å². The highest BCUT2D eigenvalue weighted by Crippen LogP contribution is 2.33. The average molecular weight is 258 g/mol. The summed E-state index contributed by atoms with van der Waals surface area (Å²) in [5, 5.41) is 28.6. The molecule has 4 N–H and O–H groups in total. The summed E-state index contributed by atoms with van der Waals surface area (Å²) in [4.78, 5) is 24.6. The Labute approximate surface area is 101 Å². The maximum Gasteiger partial charge on any atom is 0.330 e. The van der Waals surface area contributed by atoms with Crippen molar-refractivity contribution in [2.45, 2.75) is 31.0 Å². The van der Waals surface area contributed by atoms with Crippen LogP contribution in [0.3, 0.4) is 0 Å². The van der Waals surface area contributed by atoms with Crippen LogP contribution in [0.2, 0.25) is 0 Å². The van der Waals surface area contributed by atoms with E-state index < -0.39 is 41.9 Å². The summed E-state index contributed by atoms with van der Waals surface area (Å²) in [7, 11) is 0. The molecule has 0 amide bonds. The van der Waals surface area contributed by atoms with Gasteiger partial charge in [-0.05, 0) is 6.92 Å². The molecule has 1 aliphatic heterocycles. The number of nitrogens with zero attached hydrogens (tertiary/aromatic N) is 1. The lowest BCUT2D eigenvalue weighted by Gasteiger charge is -2.29. The van der Waals surface area contributed by atoms with Crippen LogP contribution in [0.15, 0.2) is 21.9 Å². The molecular formula is C10H14N2O6. The van der Waals surface area contributed by atoms with Crippen molar-refractivity contribution >= 4 is 0 Å². The van der Waals surface area contributed by atoms with Gasteiger partial charge in [0.1, 0.15) is 18.3 Å². The van der Waals surface area contributed by atoms with Crippen LogP contribution in [0.4, 0.5) is 0 Å². The molecule has 1 fully saturated rings. The third-order valence-electron chi connectivity index (χ3n) is 3.13. The van der Waals surface area contributed by atoms with Gasteiger partial charge in [-0.1, -0.05) is 0 Å². The van der Waals surface area contributed by atoms with E-state index in [1.165, 1.54) is 6.92 Å². The molecule has 0 spiro atoms. The number of aliphatic hydroxyl groups is 3. The van der Waals surface area contributed by atoms with Crippen molar-refractivity contribution in [3.8, 4) is 0 Å². The van der Waals surface area contributed by atoms with Gasteiger partial charge in [0, 0.05) is 12.3 Å². The first-order valence-electron chi connectivity index (χ1n) is 5.37. The maximum atomic E-state index is 11.7. The Morgan fingerprint density at radius 3 is 2.67 bits per heavy atom. The number of ether oxygens (including phenoxy) is 1.